The Bertz CT molecular complexity index is 1280. The number of ether oxygens (including phenoxy) is 1. The maximum absolute atomic E-state index is 13.5. The highest BCUT2D eigenvalue weighted by atomic mass is 16.5. The standard InChI is InChI=1S/C31H35N3O4/c1-5-22(2)8-9-23(3)30(36)33-20-26-18-27(38-4)14-15-28(26)34(29(35)21-33)19-24-10-12-25(13-11-24)31(37)32-16-6-7-17-32/h5-15,18,23H,16-17,19-21H2,1-4H3/b9-8-,22-5-. The Morgan fingerprint density at radius 2 is 1.74 bits per heavy atom. The predicted octanol–water partition coefficient (Wildman–Crippen LogP) is 4.74. The lowest BCUT2D eigenvalue weighted by molar-refractivity contribution is -0.137. The molecule has 0 N–H and O–H groups in total. The summed E-state index contributed by atoms with van der Waals surface area (Å²) in [5.74, 6) is 0.0297. The first-order valence-corrected chi connectivity index (χ1v) is 12.9. The second-order valence-corrected chi connectivity index (χ2v) is 9.73. The molecule has 0 aliphatic carbocycles. The van der Waals surface area contributed by atoms with Gasteiger partial charge in [-0.1, -0.05) is 55.0 Å². The van der Waals surface area contributed by atoms with Crippen LogP contribution in [0.4, 0.5) is 5.69 Å². The molecular weight excluding hydrogens is 478 g/mol. The maximum atomic E-state index is 13.5. The minimum atomic E-state index is -0.366. The Morgan fingerprint density at radius 3 is 2.39 bits per heavy atom. The second kappa shape index (κ2) is 11.9. The van der Waals surface area contributed by atoms with E-state index in [1.54, 1.807) is 21.8 Å². The van der Waals surface area contributed by atoms with Crippen LogP contribution in [0.3, 0.4) is 0 Å². The van der Waals surface area contributed by atoms with Gasteiger partial charge in [0.25, 0.3) is 5.91 Å². The van der Waals surface area contributed by atoms with Crippen LogP contribution < -0.4 is 9.64 Å². The fourth-order valence-electron chi connectivity index (χ4n) is 4.58. The van der Waals surface area contributed by atoms with Gasteiger partial charge in [-0.25, -0.2) is 0 Å². The van der Waals surface area contributed by atoms with Crippen molar-refractivity contribution in [1.82, 2.24) is 9.80 Å². The number of carbonyl (C=O) groups is 3. The lowest BCUT2D eigenvalue weighted by Gasteiger charge is -2.24. The van der Waals surface area contributed by atoms with Gasteiger partial charge in [-0.15, -0.1) is 0 Å². The maximum Gasteiger partial charge on any atom is 0.254 e. The SMILES string of the molecule is C/C=C(C)\C=C/C(C)C(=O)N1CC(=O)N(Cc2ccc(C(=O)N3CC=CC3)cc2)c2ccc(OC)cc2C1. The van der Waals surface area contributed by atoms with E-state index in [0.29, 0.717) is 37.5 Å². The number of amides is 3. The monoisotopic (exact) mass is 513 g/mol. The Labute approximate surface area is 224 Å². The van der Waals surface area contributed by atoms with E-state index in [1.807, 2.05) is 93.6 Å². The quantitative estimate of drug-likeness (QED) is 0.396. The number of fused-ring (bicyclic) bond motifs is 1. The molecular formula is C31H35N3O4. The van der Waals surface area contributed by atoms with E-state index in [4.69, 9.17) is 4.74 Å². The van der Waals surface area contributed by atoms with Crippen LogP contribution in [0, 0.1) is 5.92 Å². The molecule has 0 radical (unpaired) electrons. The summed E-state index contributed by atoms with van der Waals surface area (Å²) < 4.78 is 5.43. The van der Waals surface area contributed by atoms with E-state index in [2.05, 4.69) is 0 Å². The largest absolute Gasteiger partial charge is 0.497 e. The molecule has 2 aromatic rings. The van der Waals surface area contributed by atoms with Crippen LogP contribution in [0.25, 0.3) is 0 Å². The van der Waals surface area contributed by atoms with Crippen molar-refractivity contribution in [3.8, 4) is 5.75 Å². The highest BCUT2D eigenvalue weighted by Gasteiger charge is 2.30. The van der Waals surface area contributed by atoms with Crippen molar-refractivity contribution in [2.45, 2.75) is 33.9 Å². The molecule has 0 aromatic heterocycles. The van der Waals surface area contributed by atoms with E-state index >= 15 is 0 Å². The zero-order valence-corrected chi connectivity index (χ0v) is 22.5. The average Bonchev–Trinajstić information content (AvgIpc) is 3.44. The van der Waals surface area contributed by atoms with Gasteiger partial charge < -0.3 is 19.4 Å². The number of anilines is 1. The molecule has 4 rings (SSSR count). The molecule has 198 valence electrons. The lowest BCUT2D eigenvalue weighted by atomic mass is 10.1. The summed E-state index contributed by atoms with van der Waals surface area (Å²) >= 11 is 0. The molecule has 7 nitrogen and oxygen atoms in total. The van der Waals surface area contributed by atoms with Crippen LogP contribution in [-0.2, 0) is 22.7 Å². The van der Waals surface area contributed by atoms with Gasteiger partial charge >= 0.3 is 0 Å². The zero-order valence-electron chi connectivity index (χ0n) is 22.5. The summed E-state index contributed by atoms with van der Waals surface area (Å²) in [5.41, 5.74) is 4.19. The normalized spacial score (nSPS) is 16.6. The van der Waals surface area contributed by atoms with Crippen molar-refractivity contribution in [1.29, 1.82) is 0 Å². The van der Waals surface area contributed by atoms with Crippen molar-refractivity contribution in [2.75, 3.05) is 31.6 Å². The minimum Gasteiger partial charge on any atom is -0.497 e. The predicted molar refractivity (Wildman–Crippen MR) is 149 cm³/mol. The Morgan fingerprint density at radius 1 is 1.03 bits per heavy atom. The Hall–Kier alpha value is -4.13. The van der Waals surface area contributed by atoms with Crippen LogP contribution >= 0.6 is 0 Å². The smallest absolute Gasteiger partial charge is 0.254 e. The van der Waals surface area contributed by atoms with Crippen LogP contribution in [0.5, 0.6) is 5.75 Å². The first-order chi connectivity index (χ1) is 18.3. The highest BCUT2D eigenvalue weighted by Crippen LogP contribution is 2.31. The first-order valence-electron chi connectivity index (χ1n) is 12.9. The van der Waals surface area contributed by atoms with E-state index in [-0.39, 0.29) is 30.2 Å². The number of benzene rings is 2. The third-order valence-electron chi connectivity index (χ3n) is 7.02. The van der Waals surface area contributed by atoms with Gasteiger partial charge in [0.15, 0.2) is 0 Å². The molecule has 1 unspecified atom stereocenters. The van der Waals surface area contributed by atoms with Gasteiger partial charge in [-0.3, -0.25) is 14.4 Å². The van der Waals surface area contributed by atoms with Crippen molar-refractivity contribution < 1.29 is 19.1 Å². The lowest BCUT2D eigenvalue weighted by Crippen LogP contribution is -2.41. The molecule has 3 amide bonds. The summed E-state index contributed by atoms with van der Waals surface area (Å²) in [4.78, 5) is 44.7. The Balaban J connectivity index is 1.57. The summed E-state index contributed by atoms with van der Waals surface area (Å²) in [7, 11) is 1.60. The molecule has 0 fully saturated rings. The first kappa shape index (κ1) is 26.9. The summed E-state index contributed by atoms with van der Waals surface area (Å²) in [6, 6.07) is 13.0. The second-order valence-electron chi connectivity index (χ2n) is 9.73. The Kier molecular flexibility index (Phi) is 8.46. The number of rotatable bonds is 7. The number of hydrogen-bond acceptors (Lipinski definition) is 4. The molecule has 0 bridgehead atoms. The molecule has 7 heteroatoms. The van der Waals surface area contributed by atoms with Crippen molar-refractivity contribution in [3.05, 3.63) is 95.1 Å². The van der Waals surface area contributed by atoms with Gasteiger partial charge in [0, 0.05) is 30.9 Å². The minimum absolute atomic E-state index is 0.00761. The molecule has 2 aliphatic heterocycles. The number of carbonyl (C=O) groups excluding carboxylic acids is 3. The zero-order chi connectivity index (χ0) is 27.2. The van der Waals surface area contributed by atoms with Crippen LogP contribution in [-0.4, -0.2) is 54.3 Å². The van der Waals surface area contributed by atoms with Gasteiger partial charge in [-0.05, 0) is 55.3 Å². The average molecular weight is 514 g/mol. The number of hydrogen-bond donors (Lipinski definition) is 0. The van der Waals surface area contributed by atoms with Crippen molar-refractivity contribution in [3.63, 3.8) is 0 Å². The van der Waals surface area contributed by atoms with Crippen LogP contribution in [0.15, 0.2) is 78.4 Å². The van der Waals surface area contributed by atoms with Gasteiger partial charge in [0.05, 0.1) is 19.6 Å². The van der Waals surface area contributed by atoms with E-state index in [9.17, 15) is 14.4 Å². The van der Waals surface area contributed by atoms with Gasteiger partial charge in [0.1, 0.15) is 12.3 Å². The molecule has 38 heavy (non-hydrogen) atoms. The number of nitrogens with zero attached hydrogens (tertiary/aromatic N) is 3. The molecule has 2 aliphatic rings. The number of allylic oxidation sites excluding steroid dienone is 3. The third kappa shape index (κ3) is 6.05. The van der Waals surface area contributed by atoms with Crippen LogP contribution in [0.2, 0.25) is 0 Å². The molecule has 0 saturated carbocycles. The van der Waals surface area contributed by atoms with Gasteiger partial charge in [0.2, 0.25) is 11.8 Å². The van der Waals surface area contributed by atoms with E-state index in [0.717, 1.165) is 22.4 Å². The molecule has 2 aromatic carbocycles. The van der Waals surface area contributed by atoms with E-state index in [1.165, 1.54) is 0 Å². The highest BCUT2D eigenvalue weighted by molar-refractivity contribution is 5.99. The van der Waals surface area contributed by atoms with E-state index < -0.39 is 0 Å². The third-order valence-corrected chi connectivity index (χ3v) is 7.02. The fourth-order valence-corrected chi connectivity index (χ4v) is 4.58. The van der Waals surface area contributed by atoms with Gasteiger partial charge in [-0.2, -0.15) is 0 Å². The number of methoxy groups -OCH3 is 1. The fraction of sp³-hybridized carbons (Fsp3) is 0.323. The molecule has 0 saturated heterocycles. The molecule has 2 heterocycles. The topological polar surface area (TPSA) is 70.2 Å². The molecule has 0 spiro atoms. The van der Waals surface area contributed by atoms with Crippen molar-refractivity contribution >= 4 is 23.4 Å². The van der Waals surface area contributed by atoms with Crippen LogP contribution in [0.1, 0.15) is 42.3 Å². The van der Waals surface area contributed by atoms with Crippen molar-refractivity contribution in [2.24, 2.45) is 5.92 Å². The molecule has 1 atom stereocenters. The summed E-state index contributed by atoms with van der Waals surface area (Å²) in [5, 5.41) is 0. The summed E-state index contributed by atoms with van der Waals surface area (Å²) in [6.45, 7) is 7.66. The summed E-state index contributed by atoms with van der Waals surface area (Å²) in [6.07, 6.45) is 9.75.